The molecule has 0 atom stereocenters. The Morgan fingerprint density at radius 2 is 1.96 bits per heavy atom. The Morgan fingerprint density at radius 3 is 2.75 bits per heavy atom. The fourth-order valence-corrected chi connectivity index (χ4v) is 2.60. The van der Waals surface area contributed by atoms with Crippen molar-refractivity contribution in [3.05, 3.63) is 71.9 Å². The fourth-order valence-electron chi connectivity index (χ4n) is 2.60. The van der Waals surface area contributed by atoms with Crippen molar-refractivity contribution in [3.63, 3.8) is 0 Å². The highest BCUT2D eigenvalue weighted by molar-refractivity contribution is 5.91. The molecule has 0 saturated heterocycles. The number of carbonyl (C=O) groups excluding carboxylic acids is 1. The number of aromatic amines is 1. The van der Waals surface area contributed by atoms with Crippen molar-refractivity contribution in [1.29, 1.82) is 0 Å². The molecule has 4 nitrogen and oxygen atoms in total. The van der Waals surface area contributed by atoms with Crippen LogP contribution in [0.4, 0.5) is 0 Å². The summed E-state index contributed by atoms with van der Waals surface area (Å²) >= 11 is 0. The number of para-hydroxylation sites is 1. The van der Waals surface area contributed by atoms with Gasteiger partial charge < -0.3 is 15.0 Å². The predicted octanol–water partition coefficient (Wildman–Crippen LogP) is 3.55. The van der Waals surface area contributed by atoms with Crippen molar-refractivity contribution in [2.24, 2.45) is 0 Å². The molecule has 2 aromatic carbocycles. The number of methoxy groups -OCH3 is 1. The van der Waals surface area contributed by atoms with Gasteiger partial charge in [-0.1, -0.05) is 30.3 Å². The number of aromatic nitrogens is 1. The smallest absolute Gasteiger partial charge is 0.244 e. The van der Waals surface area contributed by atoms with Crippen LogP contribution < -0.4 is 10.1 Å². The number of benzene rings is 2. The lowest BCUT2D eigenvalue weighted by Crippen LogP contribution is -2.23. The zero-order valence-electron chi connectivity index (χ0n) is 13.6. The van der Waals surface area contributed by atoms with Gasteiger partial charge in [-0.15, -0.1) is 0 Å². The summed E-state index contributed by atoms with van der Waals surface area (Å²) in [5.41, 5.74) is 3.30. The van der Waals surface area contributed by atoms with Crippen LogP contribution in [0.15, 0.2) is 60.8 Å². The average molecular weight is 320 g/mol. The minimum atomic E-state index is -0.0920. The minimum absolute atomic E-state index is 0.0920. The van der Waals surface area contributed by atoms with Crippen LogP contribution in [0, 0.1) is 0 Å². The molecule has 1 amide bonds. The van der Waals surface area contributed by atoms with E-state index in [1.807, 2.05) is 42.6 Å². The maximum Gasteiger partial charge on any atom is 0.244 e. The van der Waals surface area contributed by atoms with Crippen molar-refractivity contribution in [2.45, 2.75) is 6.42 Å². The van der Waals surface area contributed by atoms with Gasteiger partial charge in [0.05, 0.1) is 7.11 Å². The average Bonchev–Trinajstić information content (AvgIpc) is 3.04. The largest absolute Gasteiger partial charge is 0.497 e. The molecule has 0 aliphatic rings. The lowest BCUT2D eigenvalue weighted by molar-refractivity contribution is -0.116. The summed E-state index contributed by atoms with van der Waals surface area (Å²) in [5.74, 6) is 0.709. The summed E-state index contributed by atoms with van der Waals surface area (Å²) in [6, 6.07) is 15.7. The predicted molar refractivity (Wildman–Crippen MR) is 97.0 cm³/mol. The molecule has 2 N–H and O–H groups in total. The van der Waals surface area contributed by atoms with Crippen molar-refractivity contribution >= 4 is 22.9 Å². The highest BCUT2D eigenvalue weighted by atomic mass is 16.5. The van der Waals surface area contributed by atoms with Gasteiger partial charge in [0, 0.05) is 29.7 Å². The number of hydrogen-bond donors (Lipinski definition) is 2. The molecule has 0 aliphatic carbocycles. The van der Waals surface area contributed by atoms with E-state index >= 15 is 0 Å². The van der Waals surface area contributed by atoms with Gasteiger partial charge in [-0.05, 0) is 41.8 Å². The van der Waals surface area contributed by atoms with Gasteiger partial charge in [-0.3, -0.25) is 4.79 Å². The molecule has 3 aromatic rings. The van der Waals surface area contributed by atoms with Crippen LogP contribution in [0.3, 0.4) is 0 Å². The van der Waals surface area contributed by atoms with Crippen molar-refractivity contribution < 1.29 is 9.53 Å². The number of amides is 1. The second-order valence-electron chi connectivity index (χ2n) is 5.51. The van der Waals surface area contributed by atoms with E-state index < -0.39 is 0 Å². The molecular weight excluding hydrogens is 300 g/mol. The lowest BCUT2D eigenvalue weighted by atomic mass is 10.1. The molecule has 0 bridgehead atoms. The Balaban J connectivity index is 1.51. The van der Waals surface area contributed by atoms with Gasteiger partial charge in [-0.25, -0.2) is 0 Å². The van der Waals surface area contributed by atoms with E-state index in [0.29, 0.717) is 6.54 Å². The Hall–Kier alpha value is -3.01. The van der Waals surface area contributed by atoms with Gasteiger partial charge >= 0.3 is 0 Å². The summed E-state index contributed by atoms with van der Waals surface area (Å²) in [4.78, 5) is 15.1. The van der Waals surface area contributed by atoms with Crippen LogP contribution in [0.25, 0.3) is 17.0 Å². The van der Waals surface area contributed by atoms with Crippen LogP contribution in [-0.4, -0.2) is 24.5 Å². The molecule has 0 unspecified atom stereocenters. The summed E-state index contributed by atoms with van der Waals surface area (Å²) in [7, 11) is 1.63. The molecule has 24 heavy (non-hydrogen) atoms. The standard InChI is InChI=1S/C20H20N2O2/c1-24-17-9-6-15(7-10-17)8-11-20(23)21-13-12-16-14-22-19-5-3-2-4-18(16)19/h2-11,14,22H,12-13H2,1H3,(H,21,23)/b11-8+. The van der Waals surface area contributed by atoms with E-state index in [4.69, 9.17) is 4.74 Å². The molecule has 1 heterocycles. The Kier molecular flexibility index (Phi) is 4.96. The van der Waals surface area contributed by atoms with Crippen LogP contribution in [0.5, 0.6) is 5.75 Å². The topological polar surface area (TPSA) is 54.1 Å². The van der Waals surface area contributed by atoms with E-state index in [0.717, 1.165) is 23.3 Å². The molecular formula is C20H20N2O2. The zero-order chi connectivity index (χ0) is 16.8. The molecule has 0 aliphatic heterocycles. The maximum atomic E-state index is 11.9. The third kappa shape index (κ3) is 3.84. The summed E-state index contributed by atoms with van der Waals surface area (Å²) in [6.07, 6.45) is 6.15. The van der Waals surface area contributed by atoms with E-state index in [1.54, 1.807) is 19.3 Å². The van der Waals surface area contributed by atoms with Gasteiger partial charge in [-0.2, -0.15) is 0 Å². The number of H-pyrrole nitrogens is 1. The number of hydrogen-bond acceptors (Lipinski definition) is 2. The molecule has 0 spiro atoms. The van der Waals surface area contributed by atoms with Gasteiger partial charge in [0.15, 0.2) is 0 Å². The molecule has 0 fully saturated rings. The van der Waals surface area contributed by atoms with Crippen molar-refractivity contribution in [3.8, 4) is 5.75 Å². The Morgan fingerprint density at radius 1 is 1.17 bits per heavy atom. The Labute approximate surface area is 141 Å². The quantitative estimate of drug-likeness (QED) is 0.683. The second-order valence-corrected chi connectivity index (χ2v) is 5.51. The van der Waals surface area contributed by atoms with Gasteiger partial charge in [0.2, 0.25) is 5.91 Å². The summed E-state index contributed by atoms with van der Waals surface area (Å²) < 4.78 is 5.11. The SMILES string of the molecule is COc1ccc(/C=C/C(=O)NCCc2c[nH]c3ccccc23)cc1. The zero-order valence-corrected chi connectivity index (χ0v) is 13.6. The first kappa shape index (κ1) is 15.9. The second kappa shape index (κ2) is 7.51. The van der Waals surface area contributed by atoms with Crippen LogP contribution >= 0.6 is 0 Å². The Bertz CT molecular complexity index is 847. The molecule has 4 heteroatoms. The fraction of sp³-hybridized carbons (Fsp3) is 0.150. The third-order valence-electron chi connectivity index (χ3n) is 3.91. The van der Waals surface area contributed by atoms with E-state index in [1.165, 1.54) is 10.9 Å². The minimum Gasteiger partial charge on any atom is -0.497 e. The van der Waals surface area contributed by atoms with E-state index in [9.17, 15) is 4.79 Å². The molecule has 1 aromatic heterocycles. The first-order valence-corrected chi connectivity index (χ1v) is 7.91. The number of rotatable bonds is 6. The number of nitrogens with one attached hydrogen (secondary N) is 2. The highest BCUT2D eigenvalue weighted by Gasteiger charge is 2.03. The van der Waals surface area contributed by atoms with Crippen LogP contribution in [0.1, 0.15) is 11.1 Å². The molecule has 0 radical (unpaired) electrons. The number of carbonyl (C=O) groups is 1. The third-order valence-corrected chi connectivity index (χ3v) is 3.91. The molecule has 0 saturated carbocycles. The van der Waals surface area contributed by atoms with Gasteiger partial charge in [0.25, 0.3) is 0 Å². The normalized spacial score (nSPS) is 11.0. The maximum absolute atomic E-state index is 11.9. The highest BCUT2D eigenvalue weighted by Crippen LogP contribution is 2.17. The monoisotopic (exact) mass is 320 g/mol. The van der Waals surface area contributed by atoms with Crippen molar-refractivity contribution in [2.75, 3.05) is 13.7 Å². The number of ether oxygens (including phenoxy) is 1. The van der Waals surface area contributed by atoms with E-state index in [-0.39, 0.29) is 5.91 Å². The van der Waals surface area contributed by atoms with E-state index in [2.05, 4.69) is 22.4 Å². The van der Waals surface area contributed by atoms with Gasteiger partial charge in [0.1, 0.15) is 5.75 Å². The first-order chi connectivity index (χ1) is 11.8. The first-order valence-electron chi connectivity index (χ1n) is 7.91. The molecule has 122 valence electrons. The van der Waals surface area contributed by atoms with Crippen LogP contribution in [0.2, 0.25) is 0 Å². The number of fused-ring (bicyclic) bond motifs is 1. The summed E-state index contributed by atoms with van der Waals surface area (Å²) in [6.45, 7) is 0.605. The lowest BCUT2D eigenvalue weighted by Gasteiger charge is -2.02. The molecule has 3 rings (SSSR count). The summed E-state index contributed by atoms with van der Waals surface area (Å²) in [5, 5.41) is 4.12. The van der Waals surface area contributed by atoms with Crippen molar-refractivity contribution in [1.82, 2.24) is 10.3 Å². The van der Waals surface area contributed by atoms with Crippen LogP contribution in [-0.2, 0) is 11.2 Å².